The highest BCUT2D eigenvalue weighted by Gasteiger charge is 2.03. The van der Waals surface area contributed by atoms with Gasteiger partial charge in [0.15, 0.2) is 6.29 Å². The number of hydrogen-bond donors (Lipinski definition) is 0. The molecule has 0 unspecified atom stereocenters. The molecule has 0 radical (unpaired) electrons. The Balaban J connectivity index is 3.14. The van der Waals surface area contributed by atoms with E-state index >= 15 is 0 Å². The monoisotopic (exact) mass is 312 g/mol. The molecule has 0 aromatic heterocycles. The summed E-state index contributed by atoms with van der Waals surface area (Å²) in [4.78, 5) is 0. The summed E-state index contributed by atoms with van der Waals surface area (Å²) in [6.45, 7) is 2.28. The molecule has 0 fully saturated rings. The van der Waals surface area contributed by atoms with E-state index in [2.05, 4.69) is 19.1 Å². The first-order valence-electron chi connectivity index (χ1n) is 9.55. The Bertz CT molecular complexity index is 222. The molecule has 0 atom stereocenters. The van der Waals surface area contributed by atoms with E-state index in [0.29, 0.717) is 0 Å². The standard InChI is InChI=1S/C20H40O2/c1-4-5-6-7-8-9-10-11-12-13-14-15-16-17-18-19-20(21-2)22-3/h11-12,20H,4-10,13-19H2,1-3H3/b12-11-. The normalized spacial score (nSPS) is 11.8. The maximum atomic E-state index is 5.19. The molecule has 0 aliphatic rings. The molecule has 0 aromatic carbocycles. The van der Waals surface area contributed by atoms with Gasteiger partial charge in [0.1, 0.15) is 0 Å². The van der Waals surface area contributed by atoms with Gasteiger partial charge in [-0.25, -0.2) is 0 Å². The Morgan fingerprint density at radius 3 is 1.59 bits per heavy atom. The smallest absolute Gasteiger partial charge is 0.156 e. The molecule has 2 nitrogen and oxygen atoms in total. The van der Waals surface area contributed by atoms with Gasteiger partial charge in [-0.2, -0.15) is 0 Å². The first kappa shape index (κ1) is 21.7. The second-order valence-electron chi connectivity index (χ2n) is 6.27. The summed E-state index contributed by atoms with van der Waals surface area (Å²) >= 11 is 0. The number of hydrogen-bond acceptors (Lipinski definition) is 2. The predicted molar refractivity (Wildman–Crippen MR) is 97.3 cm³/mol. The molecule has 22 heavy (non-hydrogen) atoms. The van der Waals surface area contributed by atoms with Gasteiger partial charge < -0.3 is 9.47 Å². The molecule has 0 saturated heterocycles. The molecule has 0 bridgehead atoms. The van der Waals surface area contributed by atoms with Crippen molar-refractivity contribution in [2.24, 2.45) is 0 Å². The zero-order chi connectivity index (χ0) is 16.3. The molecule has 0 N–H and O–H groups in total. The van der Waals surface area contributed by atoms with Crippen molar-refractivity contribution >= 4 is 0 Å². The van der Waals surface area contributed by atoms with E-state index in [9.17, 15) is 0 Å². The van der Waals surface area contributed by atoms with Crippen molar-refractivity contribution in [1.29, 1.82) is 0 Å². The number of allylic oxidation sites excluding steroid dienone is 2. The zero-order valence-corrected chi connectivity index (χ0v) is 15.4. The first-order valence-corrected chi connectivity index (χ1v) is 9.55. The lowest BCUT2D eigenvalue weighted by Gasteiger charge is -2.12. The van der Waals surface area contributed by atoms with Crippen molar-refractivity contribution in [3.63, 3.8) is 0 Å². The summed E-state index contributed by atoms with van der Waals surface area (Å²) in [6, 6.07) is 0. The maximum Gasteiger partial charge on any atom is 0.156 e. The van der Waals surface area contributed by atoms with E-state index in [1.54, 1.807) is 14.2 Å². The van der Waals surface area contributed by atoms with Crippen molar-refractivity contribution in [2.45, 2.75) is 103 Å². The Morgan fingerprint density at radius 1 is 0.636 bits per heavy atom. The lowest BCUT2D eigenvalue weighted by molar-refractivity contribution is -0.107. The zero-order valence-electron chi connectivity index (χ0n) is 15.4. The molecule has 0 spiro atoms. The van der Waals surface area contributed by atoms with Crippen LogP contribution in [0.25, 0.3) is 0 Å². The fourth-order valence-corrected chi connectivity index (χ4v) is 2.71. The number of methoxy groups -OCH3 is 2. The summed E-state index contributed by atoms with van der Waals surface area (Å²) in [7, 11) is 3.43. The van der Waals surface area contributed by atoms with Crippen LogP contribution in [-0.4, -0.2) is 20.5 Å². The summed E-state index contributed by atoms with van der Waals surface area (Å²) < 4.78 is 10.4. The summed E-state index contributed by atoms with van der Waals surface area (Å²) in [5.74, 6) is 0. The second kappa shape index (κ2) is 18.7. The molecule has 0 aliphatic carbocycles. The minimum atomic E-state index is -0.00935. The quantitative estimate of drug-likeness (QED) is 0.170. The van der Waals surface area contributed by atoms with Gasteiger partial charge in [-0.05, 0) is 38.5 Å². The molecular weight excluding hydrogens is 272 g/mol. The fourth-order valence-electron chi connectivity index (χ4n) is 2.71. The second-order valence-corrected chi connectivity index (χ2v) is 6.27. The van der Waals surface area contributed by atoms with Gasteiger partial charge in [0, 0.05) is 14.2 Å². The Morgan fingerprint density at radius 2 is 1.09 bits per heavy atom. The van der Waals surface area contributed by atoms with Crippen LogP contribution in [0.5, 0.6) is 0 Å². The molecule has 0 saturated carbocycles. The van der Waals surface area contributed by atoms with Crippen LogP contribution in [0.4, 0.5) is 0 Å². The van der Waals surface area contributed by atoms with Crippen molar-refractivity contribution in [3.05, 3.63) is 12.2 Å². The van der Waals surface area contributed by atoms with E-state index in [1.165, 1.54) is 83.5 Å². The minimum absolute atomic E-state index is 0.00935. The fraction of sp³-hybridized carbons (Fsp3) is 0.900. The lowest BCUT2D eigenvalue weighted by atomic mass is 10.1. The molecular formula is C20H40O2. The molecule has 2 heteroatoms. The van der Waals surface area contributed by atoms with Crippen LogP contribution in [0.3, 0.4) is 0 Å². The van der Waals surface area contributed by atoms with E-state index in [1.807, 2.05) is 0 Å². The van der Waals surface area contributed by atoms with Gasteiger partial charge >= 0.3 is 0 Å². The minimum Gasteiger partial charge on any atom is -0.356 e. The highest BCUT2D eigenvalue weighted by atomic mass is 16.7. The van der Waals surface area contributed by atoms with Gasteiger partial charge in [0.05, 0.1) is 0 Å². The third kappa shape index (κ3) is 16.0. The van der Waals surface area contributed by atoms with Gasteiger partial charge in [-0.3, -0.25) is 0 Å². The average molecular weight is 313 g/mol. The van der Waals surface area contributed by atoms with Crippen LogP contribution in [-0.2, 0) is 9.47 Å². The van der Waals surface area contributed by atoms with Crippen molar-refractivity contribution in [2.75, 3.05) is 14.2 Å². The Kier molecular flexibility index (Phi) is 18.4. The van der Waals surface area contributed by atoms with Crippen LogP contribution in [0.2, 0.25) is 0 Å². The molecule has 0 rings (SSSR count). The lowest BCUT2D eigenvalue weighted by Crippen LogP contribution is -2.12. The SMILES string of the molecule is CCCCCCCC/C=C\CCCCCCCC(OC)OC. The van der Waals surface area contributed by atoms with Crippen molar-refractivity contribution < 1.29 is 9.47 Å². The number of ether oxygens (including phenoxy) is 2. The van der Waals surface area contributed by atoms with Crippen LogP contribution < -0.4 is 0 Å². The Hall–Kier alpha value is -0.340. The largest absolute Gasteiger partial charge is 0.356 e. The molecule has 132 valence electrons. The average Bonchev–Trinajstić information content (AvgIpc) is 2.55. The Labute approximate surface area is 139 Å². The van der Waals surface area contributed by atoms with E-state index in [-0.39, 0.29) is 6.29 Å². The van der Waals surface area contributed by atoms with Gasteiger partial charge in [0.2, 0.25) is 0 Å². The predicted octanol–water partition coefficient (Wildman–Crippen LogP) is 6.64. The van der Waals surface area contributed by atoms with Crippen LogP contribution in [0.1, 0.15) is 96.8 Å². The van der Waals surface area contributed by atoms with Gasteiger partial charge in [0.25, 0.3) is 0 Å². The molecule has 0 amide bonds. The van der Waals surface area contributed by atoms with Crippen LogP contribution >= 0.6 is 0 Å². The first-order chi connectivity index (χ1) is 10.8. The highest BCUT2D eigenvalue weighted by Crippen LogP contribution is 2.11. The molecule has 0 aromatic rings. The summed E-state index contributed by atoms with van der Waals surface area (Å²) in [5, 5.41) is 0. The topological polar surface area (TPSA) is 18.5 Å². The maximum absolute atomic E-state index is 5.19. The highest BCUT2D eigenvalue weighted by molar-refractivity contribution is 4.81. The number of unbranched alkanes of at least 4 members (excludes halogenated alkanes) is 11. The summed E-state index contributed by atoms with van der Waals surface area (Å²) in [5.41, 5.74) is 0. The van der Waals surface area contributed by atoms with Crippen molar-refractivity contribution in [1.82, 2.24) is 0 Å². The number of rotatable bonds is 17. The summed E-state index contributed by atoms with van der Waals surface area (Å²) in [6.07, 6.45) is 23.3. The van der Waals surface area contributed by atoms with Gasteiger partial charge in [-0.1, -0.05) is 70.4 Å². The van der Waals surface area contributed by atoms with Gasteiger partial charge in [-0.15, -0.1) is 0 Å². The third-order valence-electron chi connectivity index (χ3n) is 4.23. The molecule has 0 heterocycles. The van der Waals surface area contributed by atoms with Crippen molar-refractivity contribution in [3.8, 4) is 0 Å². The van der Waals surface area contributed by atoms with Crippen LogP contribution in [0, 0.1) is 0 Å². The van der Waals surface area contributed by atoms with Crippen LogP contribution in [0.15, 0.2) is 12.2 Å². The molecule has 0 aliphatic heterocycles. The van der Waals surface area contributed by atoms with E-state index in [4.69, 9.17) is 9.47 Å². The van der Waals surface area contributed by atoms with E-state index < -0.39 is 0 Å². The van der Waals surface area contributed by atoms with E-state index in [0.717, 1.165) is 6.42 Å². The third-order valence-corrected chi connectivity index (χ3v) is 4.23.